The quantitative estimate of drug-likeness (QED) is 0.896. The van der Waals surface area contributed by atoms with E-state index in [0.29, 0.717) is 13.1 Å². The molecular formula is C13H19FN2O2S. The predicted molar refractivity (Wildman–Crippen MR) is 72.0 cm³/mol. The maximum atomic E-state index is 13.8. The van der Waals surface area contributed by atoms with Crippen LogP contribution in [0.2, 0.25) is 0 Å². The minimum absolute atomic E-state index is 0.0684. The highest BCUT2D eigenvalue weighted by atomic mass is 32.2. The molecule has 0 saturated carbocycles. The average Bonchev–Trinajstić information content (AvgIpc) is 2.35. The minimum atomic E-state index is -3.78. The van der Waals surface area contributed by atoms with Gasteiger partial charge in [-0.3, -0.25) is 0 Å². The van der Waals surface area contributed by atoms with Gasteiger partial charge in [0.1, 0.15) is 10.7 Å². The molecule has 0 aromatic heterocycles. The summed E-state index contributed by atoms with van der Waals surface area (Å²) in [6.07, 6.45) is 0. The Hall–Kier alpha value is -0.980. The first-order chi connectivity index (χ1) is 8.82. The number of nitrogens with one attached hydrogen (secondary N) is 1. The Balaban J connectivity index is 2.44. The van der Waals surface area contributed by atoms with Gasteiger partial charge in [-0.25, -0.2) is 12.8 Å². The molecule has 1 saturated heterocycles. The van der Waals surface area contributed by atoms with Gasteiger partial charge in [-0.05, 0) is 38.5 Å². The summed E-state index contributed by atoms with van der Waals surface area (Å²) in [5.41, 5.74) is 0.732. The van der Waals surface area contributed by atoms with E-state index in [1.54, 1.807) is 13.0 Å². The zero-order valence-electron chi connectivity index (χ0n) is 11.4. The second kappa shape index (κ2) is 5.19. The topological polar surface area (TPSA) is 49.4 Å². The molecule has 19 heavy (non-hydrogen) atoms. The molecule has 1 aromatic carbocycles. The lowest BCUT2D eigenvalue weighted by atomic mass is 10.2. The van der Waals surface area contributed by atoms with Crippen LogP contribution in [-0.4, -0.2) is 37.9 Å². The molecule has 1 aromatic rings. The number of rotatable bonds is 2. The number of aryl methyl sites for hydroxylation is 1. The zero-order chi connectivity index (χ0) is 14.2. The molecule has 1 heterocycles. The Kier molecular flexibility index (Phi) is 3.94. The number of halogens is 1. The fourth-order valence-corrected chi connectivity index (χ4v) is 4.13. The van der Waals surface area contributed by atoms with Gasteiger partial charge < -0.3 is 5.32 Å². The summed E-state index contributed by atoms with van der Waals surface area (Å²) in [5, 5.41) is 3.21. The fraction of sp³-hybridized carbons (Fsp3) is 0.538. The molecule has 1 aliphatic rings. The molecule has 0 bridgehead atoms. The Morgan fingerprint density at radius 1 is 1.37 bits per heavy atom. The SMILES string of the molecule is Cc1ccc(F)c(S(=O)(=O)N2CC(C)NCC2C)c1. The fourth-order valence-electron chi connectivity index (χ4n) is 2.26. The van der Waals surface area contributed by atoms with Crippen molar-refractivity contribution in [3.8, 4) is 0 Å². The average molecular weight is 286 g/mol. The van der Waals surface area contributed by atoms with Crippen LogP contribution >= 0.6 is 0 Å². The van der Waals surface area contributed by atoms with Gasteiger partial charge in [0.2, 0.25) is 10.0 Å². The van der Waals surface area contributed by atoms with E-state index in [9.17, 15) is 12.8 Å². The van der Waals surface area contributed by atoms with Crippen LogP contribution in [0.25, 0.3) is 0 Å². The monoisotopic (exact) mass is 286 g/mol. The lowest BCUT2D eigenvalue weighted by Gasteiger charge is -2.36. The van der Waals surface area contributed by atoms with Gasteiger partial charge >= 0.3 is 0 Å². The van der Waals surface area contributed by atoms with E-state index < -0.39 is 15.8 Å². The maximum Gasteiger partial charge on any atom is 0.246 e. The summed E-state index contributed by atoms with van der Waals surface area (Å²) in [4.78, 5) is -0.228. The number of hydrogen-bond donors (Lipinski definition) is 1. The summed E-state index contributed by atoms with van der Waals surface area (Å²) >= 11 is 0. The summed E-state index contributed by atoms with van der Waals surface area (Å²) in [5.74, 6) is -0.691. The van der Waals surface area contributed by atoms with Gasteiger partial charge in [0, 0.05) is 25.2 Å². The summed E-state index contributed by atoms with van der Waals surface area (Å²) < 4.78 is 40.4. The van der Waals surface area contributed by atoms with Crippen molar-refractivity contribution in [2.45, 2.75) is 37.8 Å². The van der Waals surface area contributed by atoms with Crippen LogP contribution < -0.4 is 5.32 Å². The maximum absolute atomic E-state index is 13.8. The van der Waals surface area contributed by atoms with Crippen LogP contribution in [0.3, 0.4) is 0 Å². The number of piperazine rings is 1. The van der Waals surface area contributed by atoms with E-state index in [2.05, 4.69) is 5.32 Å². The third-order valence-corrected chi connectivity index (χ3v) is 5.38. The summed E-state index contributed by atoms with van der Waals surface area (Å²) in [6, 6.07) is 4.06. The van der Waals surface area contributed by atoms with Crippen LogP contribution in [0.5, 0.6) is 0 Å². The number of benzene rings is 1. The van der Waals surface area contributed by atoms with E-state index >= 15 is 0 Å². The summed E-state index contributed by atoms with van der Waals surface area (Å²) in [7, 11) is -3.78. The number of hydrogen-bond acceptors (Lipinski definition) is 3. The minimum Gasteiger partial charge on any atom is -0.311 e. The molecule has 1 N–H and O–H groups in total. The van der Waals surface area contributed by atoms with Crippen molar-refractivity contribution in [3.63, 3.8) is 0 Å². The second-order valence-electron chi connectivity index (χ2n) is 5.17. The molecule has 0 aliphatic carbocycles. The first kappa shape index (κ1) is 14.4. The van der Waals surface area contributed by atoms with Gasteiger partial charge in [-0.15, -0.1) is 0 Å². The van der Waals surface area contributed by atoms with Crippen LogP contribution in [0, 0.1) is 12.7 Å². The zero-order valence-corrected chi connectivity index (χ0v) is 12.2. The van der Waals surface area contributed by atoms with Crippen LogP contribution in [0.4, 0.5) is 4.39 Å². The molecule has 1 aliphatic heterocycles. The second-order valence-corrected chi connectivity index (χ2v) is 7.03. The lowest BCUT2D eigenvalue weighted by Crippen LogP contribution is -2.56. The third-order valence-electron chi connectivity index (χ3n) is 3.38. The lowest BCUT2D eigenvalue weighted by molar-refractivity contribution is 0.244. The Labute approximate surface area is 113 Å². The van der Waals surface area contributed by atoms with Crippen molar-refractivity contribution < 1.29 is 12.8 Å². The van der Waals surface area contributed by atoms with Gasteiger partial charge in [0.25, 0.3) is 0 Å². The van der Waals surface area contributed by atoms with E-state index in [1.165, 1.54) is 16.4 Å². The van der Waals surface area contributed by atoms with Gasteiger partial charge in [-0.2, -0.15) is 4.31 Å². The van der Waals surface area contributed by atoms with Crippen molar-refractivity contribution in [1.82, 2.24) is 9.62 Å². The van der Waals surface area contributed by atoms with Crippen molar-refractivity contribution in [3.05, 3.63) is 29.6 Å². The van der Waals surface area contributed by atoms with Crippen LogP contribution in [0.15, 0.2) is 23.1 Å². The standard InChI is InChI=1S/C13H19FN2O2S/c1-9-4-5-12(14)13(6-9)19(17,18)16-8-10(2)15-7-11(16)3/h4-6,10-11,15H,7-8H2,1-3H3. The van der Waals surface area contributed by atoms with Crippen LogP contribution in [0.1, 0.15) is 19.4 Å². The molecule has 6 heteroatoms. The van der Waals surface area contributed by atoms with Crippen molar-refractivity contribution in [1.29, 1.82) is 0 Å². The summed E-state index contributed by atoms with van der Waals surface area (Å²) in [6.45, 7) is 6.43. The molecule has 0 radical (unpaired) electrons. The van der Waals surface area contributed by atoms with Crippen molar-refractivity contribution >= 4 is 10.0 Å². The first-order valence-corrected chi connectivity index (χ1v) is 7.77. The Morgan fingerprint density at radius 3 is 2.74 bits per heavy atom. The van der Waals surface area contributed by atoms with Gasteiger partial charge in [-0.1, -0.05) is 6.07 Å². The van der Waals surface area contributed by atoms with Gasteiger partial charge in [0.05, 0.1) is 0 Å². The molecule has 0 amide bonds. The molecule has 106 valence electrons. The smallest absolute Gasteiger partial charge is 0.246 e. The normalized spacial score (nSPS) is 25.5. The molecule has 0 spiro atoms. The Morgan fingerprint density at radius 2 is 2.05 bits per heavy atom. The van der Waals surface area contributed by atoms with Crippen molar-refractivity contribution in [2.24, 2.45) is 0 Å². The van der Waals surface area contributed by atoms with E-state index in [4.69, 9.17) is 0 Å². The Bertz CT molecular complexity index is 574. The third kappa shape index (κ3) is 2.80. The van der Waals surface area contributed by atoms with E-state index in [1.807, 2.05) is 13.8 Å². The molecule has 4 nitrogen and oxygen atoms in total. The highest BCUT2D eigenvalue weighted by Gasteiger charge is 2.34. The molecular weight excluding hydrogens is 267 g/mol. The molecule has 1 fully saturated rings. The number of sulfonamides is 1. The highest BCUT2D eigenvalue weighted by molar-refractivity contribution is 7.89. The van der Waals surface area contributed by atoms with Crippen molar-refractivity contribution in [2.75, 3.05) is 13.1 Å². The largest absolute Gasteiger partial charge is 0.311 e. The predicted octanol–water partition coefficient (Wildman–Crippen LogP) is 1.51. The van der Waals surface area contributed by atoms with Gasteiger partial charge in [0.15, 0.2) is 0 Å². The molecule has 2 atom stereocenters. The highest BCUT2D eigenvalue weighted by Crippen LogP contribution is 2.23. The van der Waals surface area contributed by atoms with E-state index in [0.717, 1.165) is 5.56 Å². The first-order valence-electron chi connectivity index (χ1n) is 6.33. The van der Waals surface area contributed by atoms with Crippen LogP contribution in [-0.2, 0) is 10.0 Å². The number of nitrogens with zero attached hydrogens (tertiary/aromatic N) is 1. The molecule has 2 unspecified atom stereocenters. The van der Waals surface area contributed by atoms with E-state index in [-0.39, 0.29) is 17.0 Å². The molecule has 2 rings (SSSR count).